The molecule has 3 rings (SSSR count). The Kier molecular flexibility index (Phi) is 2.83. The summed E-state index contributed by atoms with van der Waals surface area (Å²) in [6, 6.07) is 5.98. The van der Waals surface area contributed by atoms with Gasteiger partial charge < -0.3 is 10.2 Å². The molecule has 0 amide bonds. The summed E-state index contributed by atoms with van der Waals surface area (Å²) in [6.07, 6.45) is 0. The summed E-state index contributed by atoms with van der Waals surface area (Å²) in [5, 5.41) is 3.76. The van der Waals surface area contributed by atoms with Crippen LogP contribution in [0.3, 0.4) is 0 Å². The van der Waals surface area contributed by atoms with Crippen LogP contribution in [-0.4, -0.2) is 37.1 Å². The Labute approximate surface area is 118 Å². The standard InChI is InChI=1S/C13H16N2O2S2/c1-8-3-4-10(5-9(8)2)15-12-7-19(16,17)6-11(12)14-13(15)18/h3-5,11-12H,6-7H2,1-2H3,(H,14,18)/t11-,12+/m0/s1. The number of nitrogens with one attached hydrogen (secondary N) is 1. The Balaban J connectivity index is 1.99. The molecule has 1 aromatic rings. The lowest BCUT2D eigenvalue weighted by Gasteiger charge is -2.24. The summed E-state index contributed by atoms with van der Waals surface area (Å²) >= 11 is 5.35. The molecule has 6 heteroatoms. The maximum absolute atomic E-state index is 11.7. The lowest BCUT2D eigenvalue weighted by Crippen LogP contribution is -2.36. The van der Waals surface area contributed by atoms with E-state index in [4.69, 9.17) is 12.2 Å². The molecule has 0 radical (unpaired) electrons. The SMILES string of the molecule is Cc1ccc(N2C(=S)N[C@H]3CS(=O)(=O)C[C@H]32)cc1C. The highest BCUT2D eigenvalue weighted by Crippen LogP contribution is 2.30. The van der Waals surface area contributed by atoms with Crippen molar-refractivity contribution in [1.29, 1.82) is 0 Å². The van der Waals surface area contributed by atoms with Gasteiger partial charge in [0.15, 0.2) is 14.9 Å². The topological polar surface area (TPSA) is 49.4 Å². The van der Waals surface area contributed by atoms with Gasteiger partial charge in [0, 0.05) is 5.69 Å². The summed E-state index contributed by atoms with van der Waals surface area (Å²) in [7, 11) is -2.95. The van der Waals surface area contributed by atoms with Crippen LogP contribution in [0.25, 0.3) is 0 Å². The predicted molar refractivity (Wildman–Crippen MR) is 80.4 cm³/mol. The first-order valence-corrected chi connectivity index (χ1v) is 8.48. The third kappa shape index (κ3) is 2.12. The van der Waals surface area contributed by atoms with E-state index in [0.717, 1.165) is 5.69 Å². The molecule has 19 heavy (non-hydrogen) atoms. The first-order chi connectivity index (χ1) is 8.87. The van der Waals surface area contributed by atoms with Gasteiger partial charge in [0.1, 0.15) is 0 Å². The van der Waals surface area contributed by atoms with Gasteiger partial charge in [-0.25, -0.2) is 8.42 Å². The first-order valence-electron chi connectivity index (χ1n) is 6.25. The number of sulfone groups is 1. The minimum Gasteiger partial charge on any atom is -0.356 e. The Morgan fingerprint density at radius 1 is 1.26 bits per heavy atom. The Morgan fingerprint density at radius 3 is 2.68 bits per heavy atom. The summed E-state index contributed by atoms with van der Waals surface area (Å²) in [5.74, 6) is 0.358. The van der Waals surface area contributed by atoms with Crippen molar-refractivity contribution >= 4 is 32.9 Å². The zero-order chi connectivity index (χ0) is 13.8. The highest BCUT2D eigenvalue weighted by Gasteiger charge is 2.47. The zero-order valence-electron chi connectivity index (χ0n) is 10.9. The van der Waals surface area contributed by atoms with Crippen molar-refractivity contribution in [3.8, 4) is 0 Å². The van der Waals surface area contributed by atoms with E-state index in [1.165, 1.54) is 11.1 Å². The van der Waals surface area contributed by atoms with Crippen LogP contribution in [-0.2, 0) is 9.84 Å². The van der Waals surface area contributed by atoms with Gasteiger partial charge in [0.2, 0.25) is 0 Å². The number of nitrogens with zero attached hydrogens (tertiary/aromatic N) is 1. The van der Waals surface area contributed by atoms with Crippen LogP contribution in [0.2, 0.25) is 0 Å². The van der Waals surface area contributed by atoms with Gasteiger partial charge in [-0.05, 0) is 49.3 Å². The molecule has 2 heterocycles. The summed E-state index contributed by atoms with van der Waals surface area (Å²) in [6.45, 7) is 4.11. The third-order valence-corrected chi connectivity index (χ3v) is 5.98. The monoisotopic (exact) mass is 296 g/mol. The number of hydrogen-bond acceptors (Lipinski definition) is 3. The predicted octanol–water partition coefficient (Wildman–Crippen LogP) is 1.16. The molecule has 0 bridgehead atoms. The van der Waals surface area contributed by atoms with E-state index in [2.05, 4.69) is 18.3 Å². The highest BCUT2D eigenvalue weighted by molar-refractivity contribution is 7.91. The summed E-state index contributed by atoms with van der Waals surface area (Å²) < 4.78 is 23.5. The zero-order valence-corrected chi connectivity index (χ0v) is 12.5. The number of aryl methyl sites for hydroxylation is 2. The second kappa shape index (κ2) is 4.18. The van der Waals surface area contributed by atoms with Crippen molar-refractivity contribution < 1.29 is 8.42 Å². The molecule has 2 saturated heterocycles. The Morgan fingerprint density at radius 2 is 2.00 bits per heavy atom. The van der Waals surface area contributed by atoms with Crippen LogP contribution >= 0.6 is 12.2 Å². The Bertz CT molecular complexity index is 655. The molecular formula is C13H16N2O2S2. The number of anilines is 1. The fourth-order valence-electron chi connectivity index (χ4n) is 2.78. The number of hydrogen-bond donors (Lipinski definition) is 1. The van der Waals surface area contributed by atoms with Crippen molar-refractivity contribution in [2.75, 3.05) is 16.4 Å². The van der Waals surface area contributed by atoms with E-state index in [1.807, 2.05) is 24.0 Å². The lowest BCUT2D eigenvalue weighted by molar-refractivity contribution is 0.600. The van der Waals surface area contributed by atoms with Gasteiger partial charge in [0.05, 0.1) is 23.6 Å². The fraction of sp³-hybridized carbons (Fsp3) is 0.462. The van der Waals surface area contributed by atoms with E-state index in [9.17, 15) is 8.42 Å². The molecule has 1 aromatic carbocycles. The van der Waals surface area contributed by atoms with Crippen molar-refractivity contribution in [3.63, 3.8) is 0 Å². The van der Waals surface area contributed by atoms with Gasteiger partial charge in [-0.15, -0.1) is 0 Å². The number of rotatable bonds is 1. The number of thiocarbonyl (C=S) groups is 1. The molecule has 0 aliphatic carbocycles. The van der Waals surface area contributed by atoms with Gasteiger partial charge in [0.25, 0.3) is 0 Å². The van der Waals surface area contributed by atoms with Crippen LogP contribution in [0, 0.1) is 13.8 Å². The van der Waals surface area contributed by atoms with Crippen molar-refractivity contribution in [1.82, 2.24) is 5.32 Å². The molecule has 2 aliphatic heterocycles. The number of benzene rings is 1. The highest BCUT2D eigenvalue weighted by atomic mass is 32.2. The molecule has 0 aromatic heterocycles. The molecule has 0 spiro atoms. The number of fused-ring (bicyclic) bond motifs is 1. The average molecular weight is 296 g/mol. The molecule has 0 saturated carbocycles. The van der Waals surface area contributed by atoms with Crippen molar-refractivity contribution in [2.45, 2.75) is 25.9 Å². The van der Waals surface area contributed by atoms with Crippen LogP contribution in [0.5, 0.6) is 0 Å². The molecule has 4 nitrogen and oxygen atoms in total. The maximum Gasteiger partial charge on any atom is 0.174 e. The van der Waals surface area contributed by atoms with Gasteiger partial charge >= 0.3 is 0 Å². The van der Waals surface area contributed by atoms with Crippen molar-refractivity contribution in [2.24, 2.45) is 0 Å². The smallest absolute Gasteiger partial charge is 0.174 e. The molecule has 1 N–H and O–H groups in total. The third-order valence-electron chi connectivity index (χ3n) is 3.95. The van der Waals surface area contributed by atoms with E-state index >= 15 is 0 Å². The largest absolute Gasteiger partial charge is 0.356 e. The Hall–Kier alpha value is -1.14. The van der Waals surface area contributed by atoms with E-state index in [0.29, 0.717) is 5.11 Å². The second-order valence-electron chi connectivity index (χ2n) is 5.34. The van der Waals surface area contributed by atoms with Crippen LogP contribution < -0.4 is 10.2 Å². The maximum atomic E-state index is 11.7. The van der Waals surface area contributed by atoms with E-state index in [-0.39, 0.29) is 23.6 Å². The molecule has 0 unspecified atom stereocenters. The van der Waals surface area contributed by atoms with Crippen LogP contribution in [0.1, 0.15) is 11.1 Å². The quantitative estimate of drug-likeness (QED) is 0.788. The molecule has 2 fully saturated rings. The molecule has 2 atom stereocenters. The first kappa shape index (κ1) is 12.9. The van der Waals surface area contributed by atoms with Gasteiger partial charge in [-0.3, -0.25) is 0 Å². The van der Waals surface area contributed by atoms with Crippen molar-refractivity contribution in [3.05, 3.63) is 29.3 Å². The molecular weight excluding hydrogens is 280 g/mol. The molecule has 102 valence electrons. The fourth-order valence-corrected chi connectivity index (χ4v) is 5.07. The lowest BCUT2D eigenvalue weighted by atomic mass is 10.1. The minimum absolute atomic E-state index is 0.0698. The summed E-state index contributed by atoms with van der Waals surface area (Å²) in [4.78, 5) is 1.96. The van der Waals surface area contributed by atoms with E-state index in [1.54, 1.807) is 0 Å². The normalized spacial score (nSPS) is 28.3. The molecule has 2 aliphatic rings. The van der Waals surface area contributed by atoms with Crippen LogP contribution in [0.15, 0.2) is 18.2 Å². The van der Waals surface area contributed by atoms with E-state index < -0.39 is 9.84 Å². The second-order valence-corrected chi connectivity index (χ2v) is 7.88. The summed E-state index contributed by atoms with van der Waals surface area (Å²) in [5.41, 5.74) is 3.38. The van der Waals surface area contributed by atoms with Gasteiger partial charge in [-0.1, -0.05) is 6.07 Å². The van der Waals surface area contributed by atoms with Crippen LogP contribution in [0.4, 0.5) is 5.69 Å². The van der Waals surface area contributed by atoms with Gasteiger partial charge in [-0.2, -0.15) is 0 Å². The average Bonchev–Trinajstić information content (AvgIpc) is 2.73. The minimum atomic E-state index is -2.95.